The fraction of sp³-hybridized carbons (Fsp3) is 0.235. The summed E-state index contributed by atoms with van der Waals surface area (Å²) in [5, 5.41) is 10.3. The molecule has 0 fully saturated rings. The van der Waals surface area contributed by atoms with Crippen molar-refractivity contribution in [1.29, 1.82) is 0 Å². The lowest BCUT2D eigenvalue weighted by Gasteiger charge is -2.19. The van der Waals surface area contributed by atoms with E-state index in [9.17, 15) is 0 Å². The van der Waals surface area contributed by atoms with E-state index in [0.29, 0.717) is 0 Å². The Kier molecular flexibility index (Phi) is 4.08. The lowest BCUT2D eigenvalue weighted by Crippen LogP contribution is -2.24. The summed E-state index contributed by atoms with van der Waals surface area (Å²) in [6.07, 6.45) is 1.85. The third-order valence-corrected chi connectivity index (χ3v) is 4.22. The molecule has 2 aromatic carbocycles. The van der Waals surface area contributed by atoms with Gasteiger partial charge < -0.3 is 5.32 Å². The molecule has 21 heavy (non-hydrogen) atoms. The van der Waals surface area contributed by atoms with Gasteiger partial charge in [0, 0.05) is 17.7 Å². The maximum atomic E-state index is 4.29. The van der Waals surface area contributed by atoms with Crippen LogP contribution in [-0.2, 0) is 7.05 Å². The summed E-state index contributed by atoms with van der Waals surface area (Å²) >= 11 is 3.52. The van der Waals surface area contributed by atoms with Crippen LogP contribution in [0.1, 0.15) is 24.2 Å². The van der Waals surface area contributed by atoms with Crippen molar-refractivity contribution in [3.8, 4) is 0 Å². The van der Waals surface area contributed by atoms with Gasteiger partial charge in [0.1, 0.15) is 0 Å². The minimum Gasteiger partial charge on any atom is -0.305 e. The fourth-order valence-corrected chi connectivity index (χ4v) is 3.06. The predicted octanol–water partition coefficient (Wildman–Crippen LogP) is 4.03. The van der Waals surface area contributed by atoms with Gasteiger partial charge in [0.15, 0.2) is 0 Å². The number of benzene rings is 2. The topological polar surface area (TPSA) is 29.9 Å². The summed E-state index contributed by atoms with van der Waals surface area (Å²) in [6, 6.07) is 15.2. The molecule has 0 aliphatic rings. The Morgan fingerprint density at radius 2 is 1.90 bits per heavy atom. The summed E-state index contributed by atoms with van der Waals surface area (Å²) < 4.78 is 3.04. The molecule has 1 N–H and O–H groups in total. The number of fused-ring (bicyclic) bond motifs is 1. The molecule has 0 saturated heterocycles. The molecule has 4 heteroatoms. The van der Waals surface area contributed by atoms with E-state index in [-0.39, 0.29) is 6.04 Å². The molecule has 0 radical (unpaired) electrons. The van der Waals surface area contributed by atoms with E-state index in [4.69, 9.17) is 0 Å². The Morgan fingerprint density at radius 1 is 1.14 bits per heavy atom. The molecular formula is C17H18BrN3. The molecule has 0 bridgehead atoms. The molecule has 0 saturated carbocycles. The zero-order chi connectivity index (χ0) is 14.8. The van der Waals surface area contributed by atoms with Gasteiger partial charge in [-0.15, -0.1) is 0 Å². The highest BCUT2D eigenvalue weighted by Gasteiger charge is 2.16. The highest BCUT2D eigenvalue weighted by Crippen LogP contribution is 2.26. The number of halogens is 1. The minimum atomic E-state index is 0.163. The van der Waals surface area contributed by atoms with Crippen LogP contribution in [-0.4, -0.2) is 16.3 Å². The molecule has 3 aromatic rings. The van der Waals surface area contributed by atoms with Crippen LogP contribution < -0.4 is 5.32 Å². The van der Waals surface area contributed by atoms with Crippen molar-refractivity contribution in [2.75, 3.05) is 6.54 Å². The lowest BCUT2D eigenvalue weighted by molar-refractivity contribution is 0.573. The largest absolute Gasteiger partial charge is 0.305 e. The average molecular weight is 344 g/mol. The Bertz CT molecular complexity index is 764. The van der Waals surface area contributed by atoms with E-state index in [2.05, 4.69) is 75.7 Å². The van der Waals surface area contributed by atoms with Crippen molar-refractivity contribution in [2.45, 2.75) is 13.0 Å². The van der Waals surface area contributed by atoms with Crippen molar-refractivity contribution in [2.24, 2.45) is 7.05 Å². The Morgan fingerprint density at radius 3 is 2.62 bits per heavy atom. The highest BCUT2D eigenvalue weighted by atomic mass is 79.9. The molecular weight excluding hydrogens is 326 g/mol. The maximum Gasteiger partial charge on any atom is 0.0748 e. The van der Waals surface area contributed by atoms with Crippen molar-refractivity contribution < 1.29 is 0 Å². The van der Waals surface area contributed by atoms with E-state index in [1.165, 1.54) is 22.0 Å². The van der Waals surface area contributed by atoms with Gasteiger partial charge in [-0.1, -0.05) is 41.1 Å². The third kappa shape index (κ3) is 2.87. The zero-order valence-electron chi connectivity index (χ0n) is 12.2. The van der Waals surface area contributed by atoms with Crippen molar-refractivity contribution >= 4 is 26.7 Å². The van der Waals surface area contributed by atoms with Crippen molar-refractivity contribution in [1.82, 2.24) is 15.1 Å². The van der Waals surface area contributed by atoms with Gasteiger partial charge >= 0.3 is 0 Å². The molecule has 1 unspecified atom stereocenters. The molecule has 1 aromatic heterocycles. The zero-order valence-corrected chi connectivity index (χ0v) is 13.8. The van der Waals surface area contributed by atoms with Crippen LogP contribution in [0.2, 0.25) is 0 Å². The van der Waals surface area contributed by atoms with Crippen LogP contribution in [0, 0.1) is 0 Å². The first-order chi connectivity index (χ1) is 10.2. The van der Waals surface area contributed by atoms with E-state index in [1.54, 1.807) is 0 Å². The van der Waals surface area contributed by atoms with Gasteiger partial charge in [-0.2, -0.15) is 5.10 Å². The number of hydrogen-bond acceptors (Lipinski definition) is 2. The minimum absolute atomic E-state index is 0.163. The first kappa shape index (κ1) is 14.3. The number of aromatic nitrogens is 2. The number of nitrogens with zero attached hydrogens (tertiary/aromatic N) is 2. The Labute approximate surface area is 133 Å². The SMILES string of the molecule is CCNC(c1ccc2cc(Br)ccc2c1)c1ccnn1C. The number of rotatable bonds is 4. The van der Waals surface area contributed by atoms with Crippen molar-refractivity contribution in [3.63, 3.8) is 0 Å². The van der Waals surface area contributed by atoms with Crippen LogP contribution in [0.3, 0.4) is 0 Å². The summed E-state index contributed by atoms with van der Waals surface area (Å²) in [7, 11) is 1.98. The smallest absolute Gasteiger partial charge is 0.0748 e. The van der Waals surface area contributed by atoms with Crippen LogP contribution in [0.4, 0.5) is 0 Å². The second kappa shape index (κ2) is 6.00. The van der Waals surface area contributed by atoms with Gasteiger partial charge in [0.05, 0.1) is 11.7 Å². The molecule has 3 rings (SSSR count). The standard InChI is InChI=1S/C17H18BrN3/c1-3-19-17(16-8-9-20-21(16)2)14-5-4-13-11-15(18)7-6-12(13)10-14/h4-11,17,19H,3H2,1-2H3. The van der Waals surface area contributed by atoms with Gasteiger partial charge in [0.25, 0.3) is 0 Å². The van der Waals surface area contributed by atoms with Gasteiger partial charge in [0.2, 0.25) is 0 Å². The van der Waals surface area contributed by atoms with Crippen LogP contribution >= 0.6 is 15.9 Å². The molecule has 0 aliphatic heterocycles. The Balaban J connectivity index is 2.07. The molecule has 0 amide bonds. The van der Waals surface area contributed by atoms with Crippen molar-refractivity contribution in [3.05, 3.63) is 64.4 Å². The summed E-state index contributed by atoms with van der Waals surface area (Å²) in [6.45, 7) is 3.04. The maximum absolute atomic E-state index is 4.29. The van der Waals surface area contributed by atoms with Gasteiger partial charge in [-0.05, 0) is 47.1 Å². The van der Waals surface area contributed by atoms with Gasteiger partial charge in [-0.3, -0.25) is 4.68 Å². The molecule has 108 valence electrons. The quantitative estimate of drug-likeness (QED) is 0.774. The molecule has 1 heterocycles. The molecule has 3 nitrogen and oxygen atoms in total. The third-order valence-electron chi connectivity index (χ3n) is 3.72. The normalized spacial score (nSPS) is 12.7. The monoisotopic (exact) mass is 343 g/mol. The summed E-state index contributed by atoms with van der Waals surface area (Å²) in [5.74, 6) is 0. The predicted molar refractivity (Wildman–Crippen MR) is 90.4 cm³/mol. The molecule has 0 spiro atoms. The molecule has 1 atom stereocenters. The number of nitrogens with one attached hydrogen (secondary N) is 1. The van der Waals surface area contributed by atoms with E-state index in [0.717, 1.165) is 11.0 Å². The first-order valence-corrected chi connectivity index (χ1v) is 7.89. The molecule has 0 aliphatic carbocycles. The second-order valence-corrected chi connectivity index (χ2v) is 6.04. The van der Waals surface area contributed by atoms with E-state index < -0.39 is 0 Å². The van der Waals surface area contributed by atoms with Crippen LogP contribution in [0.25, 0.3) is 10.8 Å². The van der Waals surface area contributed by atoms with Crippen LogP contribution in [0.5, 0.6) is 0 Å². The summed E-state index contributed by atoms with van der Waals surface area (Å²) in [5.41, 5.74) is 2.43. The van der Waals surface area contributed by atoms with E-state index in [1.807, 2.05) is 17.9 Å². The number of hydrogen-bond donors (Lipinski definition) is 1. The van der Waals surface area contributed by atoms with E-state index >= 15 is 0 Å². The second-order valence-electron chi connectivity index (χ2n) is 5.12. The highest BCUT2D eigenvalue weighted by molar-refractivity contribution is 9.10. The fourth-order valence-electron chi connectivity index (χ4n) is 2.68. The average Bonchev–Trinajstić information content (AvgIpc) is 2.90. The van der Waals surface area contributed by atoms with Gasteiger partial charge in [-0.25, -0.2) is 0 Å². The van der Waals surface area contributed by atoms with Crippen LogP contribution in [0.15, 0.2) is 53.1 Å². The number of aryl methyl sites for hydroxylation is 1. The Hall–Kier alpha value is -1.65. The first-order valence-electron chi connectivity index (χ1n) is 7.09. The lowest BCUT2D eigenvalue weighted by atomic mass is 9.99. The summed E-state index contributed by atoms with van der Waals surface area (Å²) in [4.78, 5) is 0.